The third-order valence-electron chi connectivity index (χ3n) is 6.26. The first-order chi connectivity index (χ1) is 16.1. The number of Topliss-reactive ketones (excluding diaryl/α,β-unsaturated/α-hetero) is 1. The lowest BCUT2D eigenvalue weighted by atomic mass is 9.91. The van der Waals surface area contributed by atoms with E-state index >= 15 is 0 Å². The van der Waals surface area contributed by atoms with Crippen molar-refractivity contribution in [1.29, 1.82) is 0 Å². The SMILES string of the molecule is CCCCCCCCCCCCC/C=C/[C@H](O)[C@H](Cl)C(=O)C1=NOC[C@H]1Cc1ccccc1. The van der Waals surface area contributed by atoms with Crippen molar-refractivity contribution in [2.24, 2.45) is 11.1 Å². The molecule has 1 aromatic rings. The maximum atomic E-state index is 12.8. The summed E-state index contributed by atoms with van der Waals surface area (Å²) in [7, 11) is 0. The number of aliphatic hydroxyl groups excluding tert-OH is 1. The second kappa shape index (κ2) is 16.9. The molecule has 4 nitrogen and oxygen atoms in total. The molecule has 0 saturated heterocycles. The van der Waals surface area contributed by atoms with E-state index in [1.54, 1.807) is 6.08 Å². The van der Waals surface area contributed by atoms with Crippen LogP contribution in [0.5, 0.6) is 0 Å². The number of benzene rings is 1. The van der Waals surface area contributed by atoms with E-state index in [1.165, 1.54) is 64.2 Å². The lowest BCUT2D eigenvalue weighted by Crippen LogP contribution is -2.36. The van der Waals surface area contributed by atoms with Crippen molar-refractivity contribution < 1.29 is 14.7 Å². The molecule has 1 heterocycles. The van der Waals surface area contributed by atoms with E-state index in [4.69, 9.17) is 16.4 Å². The van der Waals surface area contributed by atoms with Crippen LogP contribution >= 0.6 is 11.6 Å². The summed E-state index contributed by atoms with van der Waals surface area (Å²) in [5.74, 6) is -0.476. The summed E-state index contributed by atoms with van der Waals surface area (Å²) >= 11 is 6.29. The molecular weight excluding hydrogens is 434 g/mol. The number of ketones is 1. The lowest BCUT2D eigenvalue weighted by Gasteiger charge is -2.15. The minimum Gasteiger partial charge on any atom is -0.395 e. The highest BCUT2D eigenvalue weighted by Gasteiger charge is 2.35. The van der Waals surface area contributed by atoms with Gasteiger partial charge in [0.2, 0.25) is 5.78 Å². The highest BCUT2D eigenvalue weighted by atomic mass is 35.5. The molecule has 1 aliphatic rings. The van der Waals surface area contributed by atoms with Gasteiger partial charge in [0.1, 0.15) is 17.7 Å². The van der Waals surface area contributed by atoms with E-state index in [2.05, 4.69) is 12.1 Å². The van der Waals surface area contributed by atoms with Gasteiger partial charge in [-0.05, 0) is 24.8 Å². The Morgan fingerprint density at radius 3 is 2.30 bits per heavy atom. The van der Waals surface area contributed by atoms with Crippen LogP contribution in [0.15, 0.2) is 47.6 Å². The Morgan fingerprint density at radius 1 is 1.06 bits per heavy atom. The molecule has 5 heteroatoms. The van der Waals surface area contributed by atoms with Crippen molar-refractivity contribution in [2.75, 3.05) is 6.61 Å². The number of hydrogen-bond donors (Lipinski definition) is 1. The predicted octanol–water partition coefficient (Wildman–Crippen LogP) is 7.03. The maximum absolute atomic E-state index is 12.8. The second-order valence-corrected chi connectivity index (χ2v) is 9.64. The van der Waals surface area contributed by atoms with Crippen LogP contribution in [0.25, 0.3) is 0 Å². The van der Waals surface area contributed by atoms with Crippen molar-refractivity contribution in [2.45, 2.75) is 102 Å². The second-order valence-electron chi connectivity index (χ2n) is 9.17. The Kier molecular flexibility index (Phi) is 14.1. The zero-order chi connectivity index (χ0) is 23.7. The fourth-order valence-corrected chi connectivity index (χ4v) is 4.40. The minimum atomic E-state index is -1.04. The first kappa shape index (κ1) is 27.6. The van der Waals surface area contributed by atoms with Crippen LogP contribution in [-0.4, -0.2) is 34.7 Å². The van der Waals surface area contributed by atoms with Gasteiger partial charge in [-0.2, -0.15) is 0 Å². The molecule has 1 N–H and O–H groups in total. The number of hydrogen-bond acceptors (Lipinski definition) is 4. The Labute approximate surface area is 205 Å². The number of carbonyl (C=O) groups excluding carboxylic acids is 1. The third kappa shape index (κ3) is 10.9. The van der Waals surface area contributed by atoms with Crippen LogP contribution in [-0.2, 0) is 16.1 Å². The summed E-state index contributed by atoms with van der Waals surface area (Å²) in [5.41, 5.74) is 1.45. The molecule has 0 bridgehead atoms. The van der Waals surface area contributed by atoms with Crippen LogP contribution in [0.2, 0.25) is 0 Å². The summed E-state index contributed by atoms with van der Waals surface area (Å²) in [6.07, 6.45) is 18.6. The Morgan fingerprint density at radius 2 is 1.67 bits per heavy atom. The van der Waals surface area contributed by atoms with Crippen LogP contribution in [0.4, 0.5) is 0 Å². The highest BCUT2D eigenvalue weighted by molar-refractivity contribution is 6.52. The summed E-state index contributed by atoms with van der Waals surface area (Å²) in [6, 6.07) is 9.94. The van der Waals surface area contributed by atoms with Gasteiger partial charge in [-0.1, -0.05) is 119 Å². The van der Waals surface area contributed by atoms with Gasteiger partial charge in [-0.15, -0.1) is 11.6 Å². The van der Waals surface area contributed by atoms with E-state index in [-0.39, 0.29) is 11.7 Å². The average molecular weight is 476 g/mol. The predicted molar refractivity (Wildman–Crippen MR) is 138 cm³/mol. The number of carbonyl (C=O) groups is 1. The van der Waals surface area contributed by atoms with Gasteiger partial charge >= 0.3 is 0 Å². The third-order valence-corrected chi connectivity index (χ3v) is 6.72. The minimum absolute atomic E-state index is 0.131. The van der Waals surface area contributed by atoms with E-state index in [9.17, 15) is 9.90 Å². The van der Waals surface area contributed by atoms with Gasteiger partial charge in [0.25, 0.3) is 0 Å². The van der Waals surface area contributed by atoms with Gasteiger partial charge < -0.3 is 9.94 Å². The molecule has 0 aromatic heterocycles. The molecule has 1 aromatic carbocycles. The number of allylic oxidation sites excluding steroid dienone is 1. The molecule has 1 aliphatic heterocycles. The molecule has 0 unspecified atom stereocenters. The van der Waals surface area contributed by atoms with Crippen LogP contribution in [0.3, 0.4) is 0 Å². The Balaban J connectivity index is 1.59. The van der Waals surface area contributed by atoms with E-state index < -0.39 is 11.5 Å². The number of aliphatic hydroxyl groups is 1. The molecule has 33 heavy (non-hydrogen) atoms. The first-order valence-electron chi connectivity index (χ1n) is 12.9. The molecule has 0 spiro atoms. The summed E-state index contributed by atoms with van der Waals surface area (Å²) < 4.78 is 0. The lowest BCUT2D eigenvalue weighted by molar-refractivity contribution is -0.114. The van der Waals surface area contributed by atoms with E-state index in [1.807, 2.05) is 36.4 Å². The maximum Gasteiger partial charge on any atom is 0.201 e. The van der Waals surface area contributed by atoms with Crippen LogP contribution in [0.1, 0.15) is 89.5 Å². The van der Waals surface area contributed by atoms with E-state index in [0.29, 0.717) is 18.7 Å². The Hall–Kier alpha value is -1.65. The zero-order valence-corrected chi connectivity index (χ0v) is 21.0. The molecule has 3 atom stereocenters. The summed E-state index contributed by atoms with van der Waals surface area (Å²) in [4.78, 5) is 18.0. The number of halogens is 1. The molecule has 0 aliphatic carbocycles. The number of oxime groups is 1. The van der Waals surface area contributed by atoms with Gasteiger partial charge in [-0.25, -0.2) is 0 Å². The monoisotopic (exact) mass is 475 g/mol. The molecule has 0 amide bonds. The van der Waals surface area contributed by atoms with Crippen molar-refractivity contribution in [1.82, 2.24) is 0 Å². The van der Waals surface area contributed by atoms with Gasteiger partial charge in [0, 0.05) is 5.92 Å². The molecule has 0 radical (unpaired) electrons. The van der Waals surface area contributed by atoms with Crippen molar-refractivity contribution in [3.05, 3.63) is 48.0 Å². The quantitative estimate of drug-likeness (QED) is 0.141. The largest absolute Gasteiger partial charge is 0.395 e. The number of unbranched alkanes of at least 4 members (excludes halogenated alkanes) is 11. The topological polar surface area (TPSA) is 58.9 Å². The molecular formula is C28H42ClNO3. The van der Waals surface area contributed by atoms with Crippen LogP contribution in [0, 0.1) is 5.92 Å². The summed E-state index contributed by atoms with van der Waals surface area (Å²) in [5, 5.41) is 13.3. The first-order valence-corrected chi connectivity index (χ1v) is 13.3. The number of nitrogens with zero attached hydrogens (tertiary/aromatic N) is 1. The molecule has 184 valence electrons. The van der Waals surface area contributed by atoms with Crippen LogP contribution < -0.4 is 0 Å². The van der Waals surface area contributed by atoms with Crippen molar-refractivity contribution in [3.8, 4) is 0 Å². The fraction of sp³-hybridized carbons (Fsp3) is 0.643. The normalized spacial score (nSPS) is 17.7. The van der Waals surface area contributed by atoms with Crippen molar-refractivity contribution in [3.63, 3.8) is 0 Å². The highest BCUT2D eigenvalue weighted by Crippen LogP contribution is 2.21. The fourth-order valence-electron chi connectivity index (χ4n) is 4.21. The molecule has 0 saturated carbocycles. The van der Waals surface area contributed by atoms with E-state index in [0.717, 1.165) is 18.4 Å². The smallest absolute Gasteiger partial charge is 0.201 e. The standard InChI is InChI=1S/C28H42ClNO3/c1-2-3-4-5-6-7-8-9-10-11-12-13-17-20-25(31)26(29)28(32)27-24(22-33-30-27)21-23-18-15-14-16-19-23/h14-20,24-26,31H,2-13,21-22H2,1H3/b20-17+/t24-,25+,26+/m1/s1. The van der Waals surface area contributed by atoms with Gasteiger partial charge in [0.05, 0.1) is 6.10 Å². The average Bonchev–Trinajstić information content (AvgIpc) is 3.29. The van der Waals surface area contributed by atoms with Gasteiger partial charge in [-0.3, -0.25) is 4.79 Å². The zero-order valence-electron chi connectivity index (χ0n) is 20.3. The Bertz CT molecular complexity index is 719. The number of rotatable bonds is 18. The van der Waals surface area contributed by atoms with Crippen molar-refractivity contribution >= 4 is 23.1 Å². The molecule has 0 fully saturated rings. The molecule has 2 rings (SSSR count). The van der Waals surface area contributed by atoms with Gasteiger partial charge in [0.15, 0.2) is 0 Å². The number of alkyl halides is 1. The summed E-state index contributed by atoms with van der Waals surface area (Å²) in [6.45, 7) is 2.62.